The number of hydrogen-bond acceptors (Lipinski definition) is 9. The summed E-state index contributed by atoms with van der Waals surface area (Å²) in [5.41, 5.74) is 3.51. The van der Waals surface area contributed by atoms with E-state index in [-0.39, 0.29) is 18.7 Å². The molecule has 2 amide bonds. The molecule has 0 aliphatic carbocycles. The van der Waals surface area contributed by atoms with Crippen molar-refractivity contribution >= 4 is 34.8 Å². The van der Waals surface area contributed by atoms with Gasteiger partial charge in [-0.25, -0.2) is 9.48 Å². The first-order chi connectivity index (χ1) is 21.4. The third-order valence-electron chi connectivity index (χ3n) is 7.12. The highest BCUT2D eigenvalue weighted by atomic mass is 16.7. The van der Waals surface area contributed by atoms with E-state index in [1.807, 2.05) is 14.0 Å². The van der Waals surface area contributed by atoms with Crippen LogP contribution in [-0.2, 0) is 25.6 Å². The minimum absolute atomic E-state index is 0.254. The number of aryl methyl sites for hydroxylation is 1. The fourth-order valence-corrected chi connectivity index (χ4v) is 5.03. The minimum Gasteiger partial charge on any atom is -0.444 e. The van der Waals surface area contributed by atoms with Gasteiger partial charge < -0.3 is 24.4 Å². The second kappa shape index (κ2) is 15.1. The number of carbonyl (C=O) groups is 3. The van der Waals surface area contributed by atoms with Gasteiger partial charge in [0.15, 0.2) is 12.1 Å². The molecule has 12 nitrogen and oxygen atoms in total. The van der Waals surface area contributed by atoms with Gasteiger partial charge in [0.2, 0.25) is 5.91 Å². The maximum absolute atomic E-state index is 13.2. The quantitative estimate of drug-likeness (QED) is 0.184. The van der Waals surface area contributed by atoms with Gasteiger partial charge in [0.25, 0.3) is 0 Å². The summed E-state index contributed by atoms with van der Waals surface area (Å²) in [6, 6.07) is 10.4. The molecular weight excluding hydrogens is 576 g/mol. The lowest BCUT2D eigenvalue weighted by Gasteiger charge is -2.24. The van der Waals surface area contributed by atoms with E-state index in [1.165, 1.54) is 0 Å². The number of ether oxygens (including phenoxy) is 3. The van der Waals surface area contributed by atoms with Gasteiger partial charge in [0.05, 0.1) is 42.0 Å². The Hall–Kier alpha value is -4.29. The Bertz CT molecular complexity index is 1490. The Labute approximate surface area is 264 Å². The van der Waals surface area contributed by atoms with Crippen molar-refractivity contribution in [2.24, 2.45) is 0 Å². The number of rotatable bonds is 12. The van der Waals surface area contributed by atoms with Gasteiger partial charge in [0.1, 0.15) is 5.60 Å². The maximum atomic E-state index is 13.2. The van der Waals surface area contributed by atoms with Gasteiger partial charge in [-0.15, -0.1) is 5.10 Å². The van der Waals surface area contributed by atoms with E-state index in [9.17, 15) is 14.4 Å². The number of anilines is 3. The van der Waals surface area contributed by atoms with Crippen molar-refractivity contribution in [3.8, 4) is 5.69 Å². The molecule has 0 bridgehead atoms. The lowest BCUT2D eigenvalue weighted by Crippen LogP contribution is -2.28. The van der Waals surface area contributed by atoms with Gasteiger partial charge in [-0.1, -0.05) is 24.3 Å². The minimum atomic E-state index is -0.704. The van der Waals surface area contributed by atoms with Gasteiger partial charge in [-0.2, -0.15) is 0 Å². The van der Waals surface area contributed by atoms with Crippen LogP contribution in [0.4, 0.5) is 21.9 Å². The molecule has 4 rings (SSSR count). The van der Waals surface area contributed by atoms with Crippen LogP contribution in [0.25, 0.3) is 5.69 Å². The molecule has 1 fully saturated rings. The van der Waals surface area contributed by atoms with Crippen LogP contribution in [0, 0.1) is 6.92 Å². The Morgan fingerprint density at radius 1 is 1.11 bits per heavy atom. The number of amides is 2. The molecule has 1 aliphatic rings. The number of Topliss-reactive ketones (excluding diaryl/α,β-unsaturated/α-hetero) is 1. The third-order valence-corrected chi connectivity index (χ3v) is 7.12. The molecule has 1 saturated heterocycles. The van der Waals surface area contributed by atoms with E-state index in [4.69, 9.17) is 14.2 Å². The summed E-state index contributed by atoms with van der Waals surface area (Å²) in [6.07, 6.45) is 4.17. The topological polar surface area (TPSA) is 137 Å². The van der Waals surface area contributed by atoms with Crippen LogP contribution in [0.15, 0.2) is 42.6 Å². The van der Waals surface area contributed by atoms with Crippen molar-refractivity contribution in [3.63, 3.8) is 0 Å². The Morgan fingerprint density at radius 3 is 2.60 bits per heavy atom. The summed E-state index contributed by atoms with van der Waals surface area (Å²) >= 11 is 0. The molecule has 0 spiro atoms. The number of ketones is 1. The van der Waals surface area contributed by atoms with Crippen molar-refractivity contribution in [1.82, 2.24) is 15.0 Å². The Kier molecular flexibility index (Phi) is 11.3. The molecule has 0 saturated carbocycles. The zero-order chi connectivity index (χ0) is 32.6. The number of aromatic nitrogens is 3. The van der Waals surface area contributed by atoms with Gasteiger partial charge in [0, 0.05) is 31.5 Å². The van der Waals surface area contributed by atoms with Crippen LogP contribution >= 0.6 is 0 Å². The maximum Gasteiger partial charge on any atom is 0.412 e. The molecule has 1 aromatic heterocycles. The molecule has 45 heavy (non-hydrogen) atoms. The van der Waals surface area contributed by atoms with E-state index >= 15 is 0 Å². The van der Waals surface area contributed by atoms with E-state index in [0.717, 1.165) is 43.5 Å². The largest absolute Gasteiger partial charge is 0.444 e. The fraction of sp³-hybridized carbons (Fsp3) is 0.485. The number of hydrogen-bond donors (Lipinski definition) is 2. The molecule has 0 radical (unpaired) electrons. The van der Waals surface area contributed by atoms with Crippen molar-refractivity contribution in [1.29, 1.82) is 0 Å². The fourth-order valence-electron chi connectivity index (χ4n) is 5.03. The number of nitrogens with one attached hydrogen (secondary N) is 2. The summed E-state index contributed by atoms with van der Waals surface area (Å²) in [7, 11) is 1.97. The molecule has 2 heterocycles. The van der Waals surface area contributed by atoms with Crippen molar-refractivity contribution in [3.05, 3.63) is 59.4 Å². The normalized spacial score (nSPS) is 14.9. The van der Waals surface area contributed by atoms with Crippen LogP contribution in [0.3, 0.4) is 0 Å². The molecule has 2 N–H and O–H groups in total. The van der Waals surface area contributed by atoms with Gasteiger partial charge in [-0.3, -0.25) is 14.9 Å². The predicted octanol–water partition coefficient (Wildman–Crippen LogP) is 6.02. The van der Waals surface area contributed by atoms with Crippen LogP contribution in [0.5, 0.6) is 0 Å². The molecular formula is C33H44N6O6. The average Bonchev–Trinajstić information content (AvgIpc) is 3.46. The number of benzene rings is 2. The van der Waals surface area contributed by atoms with Crippen molar-refractivity contribution < 1.29 is 28.6 Å². The molecule has 1 aliphatic heterocycles. The SMILES string of the molecule is CCCN(C)c1cc(NC(=O)OC(C)(C)C)c(NC(=O)CC(=O)c2cccc(-n3nncc3COC3CCCCO3)c2)cc1C. The summed E-state index contributed by atoms with van der Waals surface area (Å²) in [6.45, 7) is 11.1. The highest BCUT2D eigenvalue weighted by molar-refractivity contribution is 6.12. The van der Waals surface area contributed by atoms with E-state index < -0.39 is 24.0 Å². The van der Waals surface area contributed by atoms with Crippen LogP contribution in [-0.4, -0.2) is 64.9 Å². The number of nitrogens with zero attached hydrogens (tertiary/aromatic N) is 4. The molecule has 1 unspecified atom stereocenters. The lowest BCUT2D eigenvalue weighted by atomic mass is 10.1. The first-order valence-electron chi connectivity index (χ1n) is 15.4. The lowest BCUT2D eigenvalue weighted by molar-refractivity contribution is -0.169. The summed E-state index contributed by atoms with van der Waals surface area (Å²) in [5, 5.41) is 13.8. The van der Waals surface area contributed by atoms with Crippen LogP contribution in [0.2, 0.25) is 0 Å². The van der Waals surface area contributed by atoms with Crippen LogP contribution < -0.4 is 15.5 Å². The molecule has 3 aromatic rings. The zero-order valence-electron chi connectivity index (χ0n) is 27.0. The van der Waals surface area contributed by atoms with E-state index in [2.05, 4.69) is 32.8 Å². The summed E-state index contributed by atoms with van der Waals surface area (Å²) in [4.78, 5) is 41.1. The highest BCUT2D eigenvalue weighted by Gasteiger charge is 2.21. The molecule has 242 valence electrons. The Balaban J connectivity index is 1.47. The Morgan fingerprint density at radius 2 is 1.89 bits per heavy atom. The number of carbonyl (C=O) groups excluding carboxylic acids is 3. The van der Waals surface area contributed by atoms with Gasteiger partial charge >= 0.3 is 6.09 Å². The van der Waals surface area contributed by atoms with E-state index in [1.54, 1.807) is 68.0 Å². The zero-order valence-corrected chi connectivity index (χ0v) is 27.0. The highest BCUT2D eigenvalue weighted by Crippen LogP contribution is 2.32. The standard InChI is InChI=1S/C33H44N6O6/c1-7-14-38(6)28-18-27(36-32(42)45-33(3,4)5)26(16-22(28)2)35-30(41)19-29(40)23-11-10-12-24(17-23)39-25(20-34-37-39)21-44-31-13-8-9-15-43-31/h10-12,16-18,20,31H,7-9,13-15,19,21H2,1-6H3,(H,35,41)(H,36,42). The second-order valence-corrected chi connectivity index (χ2v) is 12.2. The van der Waals surface area contributed by atoms with E-state index in [0.29, 0.717) is 34.9 Å². The summed E-state index contributed by atoms with van der Waals surface area (Å²) < 4.78 is 18.6. The molecule has 12 heteroatoms. The predicted molar refractivity (Wildman–Crippen MR) is 172 cm³/mol. The smallest absolute Gasteiger partial charge is 0.412 e. The monoisotopic (exact) mass is 620 g/mol. The average molecular weight is 621 g/mol. The second-order valence-electron chi connectivity index (χ2n) is 12.2. The third kappa shape index (κ3) is 9.60. The van der Waals surface area contributed by atoms with Crippen LogP contribution in [0.1, 0.15) is 81.4 Å². The summed E-state index contributed by atoms with van der Waals surface area (Å²) in [5.74, 6) is -0.894. The first kappa shape index (κ1) is 33.6. The van der Waals surface area contributed by atoms with Crippen molar-refractivity contribution in [2.45, 2.75) is 85.2 Å². The molecule has 1 atom stereocenters. The molecule has 2 aromatic carbocycles. The van der Waals surface area contributed by atoms with Crippen molar-refractivity contribution in [2.75, 3.05) is 35.7 Å². The van der Waals surface area contributed by atoms with Gasteiger partial charge in [-0.05, 0) is 83.2 Å². The first-order valence-corrected chi connectivity index (χ1v) is 15.4.